The third-order valence-corrected chi connectivity index (χ3v) is 4.59. The molecule has 114 valence electrons. The van der Waals surface area contributed by atoms with E-state index in [4.69, 9.17) is 14.5 Å². The number of hydrogen-bond acceptors (Lipinski definition) is 5. The van der Waals surface area contributed by atoms with Crippen molar-refractivity contribution >= 4 is 11.3 Å². The van der Waals surface area contributed by atoms with Crippen molar-refractivity contribution in [3.05, 3.63) is 15.6 Å². The summed E-state index contributed by atoms with van der Waals surface area (Å²) in [7, 11) is 1.73. The summed E-state index contributed by atoms with van der Waals surface area (Å²) in [4.78, 5) is 6.06. The van der Waals surface area contributed by atoms with Crippen LogP contribution in [0.4, 0.5) is 0 Å². The van der Waals surface area contributed by atoms with E-state index in [-0.39, 0.29) is 6.10 Å². The number of ether oxygens (including phenoxy) is 2. The van der Waals surface area contributed by atoms with Crippen molar-refractivity contribution in [2.45, 2.75) is 64.8 Å². The van der Waals surface area contributed by atoms with Gasteiger partial charge in [0.1, 0.15) is 11.1 Å². The van der Waals surface area contributed by atoms with Crippen LogP contribution in [0.1, 0.15) is 61.2 Å². The third-order valence-electron chi connectivity index (χ3n) is 3.40. The normalized spacial score (nSPS) is 16.6. The summed E-state index contributed by atoms with van der Waals surface area (Å²) in [5.41, 5.74) is 1.07. The van der Waals surface area contributed by atoms with Gasteiger partial charge in [0, 0.05) is 31.2 Å². The predicted octanol–water partition coefficient (Wildman–Crippen LogP) is 3.42. The Morgan fingerprint density at radius 1 is 1.40 bits per heavy atom. The maximum atomic E-state index is 5.84. The number of thiazole rings is 1. The molecule has 1 unspecified atom stereocenters. The largest absolute Gasteiger partial charge is 0.378 e. The minimum absolute atomic E-state index is 0.139. The number of hydrogen-bond donors (Lipinski definition) is 1. The van der Waals surface area contributed by atoms with Crippen LogP contribution in [-0.4, -0.2) is 24.7 Å². The third kappa shape index (κ3) is 4.52. The monoisotopic (exact) mass is 298 g/mol. The second kappa shape index (κ2) is 8.08. The fourth-order valence-electron chi connectivity index (χ4n) is 2.19. The number of nitrogens with one attached hydrogen (secondary N) is 1. The number of methoxy groups -OCH3 is 1. The van der Waals surface area contributed by atoms with Crippen LogP contribution in [0.5, 0.6) is 0 Å². The molecular weight excluding hydrogens is 272 g/mol. The number of aromatic nitrogens is 1. The van der Waals surface area contributed by atoms with E-state index in [0.29, 0.717) is 12.6 Å². The van der Waals surface area contributed by atoms with Gasteiger partial charge >= 0.3 is 0 Å². The zero-order valence-electron chi connectivity index (χ0n) is 12.8. The van der Waals surface area contributed by atoms with Gasteiger partial charge in [-0.1, -0.05) is 13.3 Å². The van der Waals surface area contributed by atoms with Crippen LogP contribution >= 0.6 is 11.3 Å². The van der Waals surface area contributed by atoms with Gasteiger partial charge < -0.3 is 14.8 Å². The fraction of sp³-hybridized carbons (Fsp3) is 0.800. The summed E-state index contributed by atoms with van der Waals surface area (Å²) in [6.45, 7) is 6.46. The highest BCUT2D eigenvalue weighted by atomic mass is 32.1. The van der Waals surface area contributed by atoms with E-state index in [1.807, 2.05) is 6.92 Å². The van der Waals surface area contributed by atoms with Crippen molar-refractivity contribution < 1.29 is 9.47 Å². The Morgan fingerprint density at radius 2 is 2.20 bits per heavy atom. The summed E-state index contributed by atoms with van der Waals surface area (Å²) < 4.78 is 11.1. The van der Waals surface area contributed by atoms with E-state index >= 15 is 0 Å². The summed E-state index contributed by atoms with van der Waals surface area (Å²) >= 11 is 1.78. The lowest BCUT2D eigenvalue weighted by atomic mass is 10.2. The molecule has 20 heavy (non-hydrogen) atoms. The number of nitrogens with zero attached hydrogens (tertiary/aromatic N) is 1. The van der Waals surface area contributed by atoms with Crippen molar-refractivity contribution in [2.24, 2.45) is 0 Å². The van der Waals surface area contributed by atoms with Crippen molar-refractivity contribution in [1.29, 1.82) is 0 Å². The second-order valence-corrected chi connectivity index (χ2v) is 6.36. The second-order valence-electron chi connectivity index (χ2n) is 5.24. The zero-order chi connectivity index (χ0) is 14.4. The van der Waals surface area contributed by atoms with Gasteiger partial charge in [-0.25, -0.2) is 4.98 Å². The summed E-state index contributed by atoms with van der Waals surface area (Å²) in [6.07, 6.45) is 4.90. The molecule has 0 saturated heterocycles. The minimum atomic E-state index is 0.139. The summed E-state index contributed by atoms with van der Waals surface area (Å²) in [5.74, 6) is 0. The Labute approximate surface area is 125 Å². The van der Waals surface area contributed by atoms with Crippen LogP contribution in [0, 0.1) is 0 Å². The Bertz CT molecular complexity index is 399. The summed E-state index contributed by atoms with van der Waals surface area (Å²) in [6, 6.07) is 0.717. The molecule has 4 nitrogen and oxygen atoms in total. The molecule has 0 aromatic carbocycles. The molecule has 0 amide bonds. The Kier molecular flexibility index (Phi) is 6.42. The molecule has 0 spiro atoms. The first-order chi connectivity index (χ1) is 9.78. The average Bonchev–Trinajstić information content (AvgIpc) is 3.18. The minimum Gasteiger partial charge on any atom is -0.378 e. The van der Waals surface area contributed by atoms with Gasteiger partial charge in [-0.2, -0.15) is 0 Å². The Morgan fingerprint density at radius 3 is 2.80 bits per heavy atom. The van der Waals surface area contributed by atoms with Gasteiger partial charge in [-0.05, 0) is 26.2 Å². The van der Waals surface area contributed by atoms with Crippen molar-refractivity contribution in [2.75, 3.05) is 13.7 Å². The van der Waals surface area contributed by atoms with Crippen LogP contribution in [-0.2, 0) is 22.6 Å². The highest BCUT2D eigenvalue weighted by Crippen LogP contribution is 2.30. The first kappa shape index (κ1) is 15.9. The SMILES string of the molecule is CCCC(OCC)c1nc(COC)c(CNC2CC2)s1. The topological polar surface area (TPSA) is 43.4 Å². The molecule has 1 N–H and O–H groups in total. The van der Waals surface area contributed by atoms with E-state index in [0.717, 1.165) is 36.7 Å². The number of rotatable bonds is 10. The molecule has 0 aliphatic heterocycles. The lowest BCUT2D eigenvalue weighted by Gasteiger charge is -2.12. The van der Waals surface area contributed by atoms with Gasteiger partial charge in [0.05, 0.1) is 12.3 Å². The maximum absolute atomic E-state index is 5.84. The van der Waals surface area contributed by atoms with Crippen molar-refractivity contribution in [3.8, 4) is 0 Å². The van der Waals surface area contributed by atoms with E-state index in [9.17, 15) is 0 Å². The predicted molar refractivity (Wildman–Crippen MR) is 82.0 cm³/mol. The standard InChI is InChI=1S/C15H26N2O2S/c1-4-6-13(19-5-2)15-17-12(10-18-3)14(20-15)9-16-11-7-8-11/h11,13,16H,4-10H2,1-3H3. The van der Waals surface area contributed by atoms with Gasteiger partial charge in [-0.15, -0.1) is 11.3 Å². The Balaban J connectivity index is 2.07. The molecule has 1 saturated carbocycles. The van der Waals surface area contributed by atoms with E-state index in [1.54, 1.807) is 18.4 Å². The molecule has 0 bridgehead atoms. The van der Waals surface area contributed by atoms with Crippen LogP contribution in [0.2, 0.25) is 0 Å². The zero-order valence-corrected chi connectivity index (χ0v) is 13.6. The van der Waals surface area contributed by atoms with Crippen molar-refractivity contribution in [3.63, 3.8) is 0 Å². The van der Waals surface area contributed by atoms with E-state index in [1.165, 1.54) is 17.7 Å². The summed E-state index contributed by atoms with van der Waals surface area (Å²) in [5, 5.41) is 4.67. The van der Waals surface area contributed by atoms with E-state index < -0.39 is 0 Å². The van der Waals surface area contributed by atoms with Gasteiger partial charge in [0.2, 0.25) is 0 Å². The molecule has 5 heteroatoms. The first-order valence-electron chi connectivity index (χ1n) is 7.60. The van der Waals surface area contributed by atoms with Crippen LogP contribution in [0.15, 0.2) is 0 Å². The van der Waals surface area contributed by atoms with Gasteiger partial charge in [0.15, 0.2) is 0 Å². The molecule has 1 aromatic rings. The van der Waals surface area contributed by atoms with Crippen LogP contribution in [0.25, 0.3) is 0 Å². The highest BCUT2D eigenvalue weighted by Gasteiger charge is 2.23. The lowest BCUT2D eigenvalue weighted by Crippen LogP contribution is -2.15. The molecule has 1 atom stereocenters. The molecule has 1 aliphatic carbocycles. The molecule has 1 heterocycles. The van der Waals surface area contributed by atoms with E-state index in [2.05, 4.69) is 12.2 Å². The lowest BCUT2D eigenvalue weighted by molar-refractivity contribution is 0.0552. The smallest absolute Gasteiger partial charge is 0.122 e. The maximum Gasteiger partial charge on any atom is 0.122 e. The van der Waals surface area contributed by atoms with Crippen LogP contribution in [0.3, 0.4) is 0 Å². The quantitative estimate of drug-likeness (QED) is 0.719. The van der Waals surface area contributed by atoms with Crippen LogP contribution < -0.4 is 5.32 Å². The van der Waals surface area contributed by atoms with Gasteiger partial charge in [0.25, 0.3) is 0 Å². The van der Waals surface area contributed by atoms with Gasteiger partial charge in [-0.3, -0.25) is 0 Å². The average molecular weight is 298 g/mol. The molecule has 1 aliphatic rings. The molecule has 2 rings (SSSR count). The molecule has 1 aromatic heterocycles. The Hall–Kier alpha value is -0.490. The molecule has 0 radical (unpaired) electrons. The highest BCUT2D eigenvalue weighted by molar-refractivity contribution is 7.11. The van der Waals surface area contributed by atoms with Crippen molar-refractivity contribution in [1.82, 2.24) is 10.3 Å². The molecule has 1 fully saturated rings. The first-order valence-corrected chi connectivity index (χ1v) is 8.42. The molecular formula is C15H26N2O2S. The fourth-order valence-corrected chi connectivity index (χ4v) is 3.30.